The van der Waals surface area contributed by atoms with E-state index in [1.807, 2.05) is 72.3 Å². The first-order valence-electron chi connectivity index (χ1n) is 13.0. The summed E-state index contributed by atoms with van der Waals surface area (Å²) in [6.07, 6.45) is 0. The van der Waals surface area contributed by atoms with Crippen LogP contribution < -0.4 is 10.2 Å². The normalized spacial score (nSPS) is 15.1. The van der Waals surface area contributed by atoms with Gasteiger partial charge < -0.3 is 10.1 Å². The Morgan fingerprint density at radius 3 is 2.49 bits per heavy atom. The van der Waals surface area contributed by atoms with E-state index in [1.165, 1.54) is 0 Å². The van der Waals surface area contributed by atoms with Gasteiger partial charge in [-0.1, -0.05) is 72.3 Å². The molecule has 8 heteroatoms. The minimum absolute atomic E-state index is 0.109. The number of anilines is 1. The molecule has 7 nitrogen and oxygen atoms in total. The molecule has 3 aromatic carbocycles. The minimum Gasteiger partial charge on any atom is -0.383 e. The number of benzene rings is 3. The zero-order chi connectivity index (χ0) is 27.4. The Hall–Kier alpha value is -3.88. The van der Waals surface area contributed by atoms with Crippen LogP contribution >= 0.6 is 11.8 Å². The fourth-order valence-corrected chi connectivity index (χ4v) is 6.04. The Morgan fingerprint density at radius 1 is 1.03 bits per heavy atom. The van der Waals surface area contributed by atoms with Crippen LogP contribution in [0.25, 0.3) is 16.9 Å². The number of ether oxygens (including phenoxy) is 1. The summed E-state index contributed by atoms with van der Waals surface area (Å²) in [6, 6.07) is 26.5. The van der Waals surface area contributed by atoms with Crippen LogP contribution in [-0.2, 0) is 14.3 Å². The Morgan fingerprint density at radius 2 is 1.77 bits per heavy atom. The summed E-state index contributed by atoms with van der Waals surface area (Å²) < 4.78 is 6.91. The first-order valence-corrected chi connectivity index (χ1v) is 14.0. The number of carbonyl (C=O) groups excluding carboxylic acids is 2. The summed E-state index contributed by atoms with van der Waals surface area (Å²) in [6.45, 7) is 4.76. The van der Waals surface area contributed by atoms with E-state index in [9.17, 15) is 9.59 Å². The van der Waals surface area contributed by atoms with Crippen molar-refractivity contribution in [1.82, 2.24) is 15.1 Å². The monoisotopic (exact) mass is 540 g/mol. The standard InChI is InChI=1S/C31H32N4O3S/c1-21-9-7-13-24(17-21)30-28-29(23-11-5-4-6-12-23)33-35(25-14-8-10-22(2)18-25)31(28)34(27(37)20-39-30)19-26(36)32-15-16-38-3/h4-14,17-18,30H,15-16,19-20H2,1-3H3,(H,32,36)/t30-/m0/s1. The lowest BCUT2D eigenvalue weighted by molar-refractivity contribution is -0.123. The molecule has 1 N–H and O–H groups in total. The van der Waals surface area contributed by atoms with Gasteiger partial charge in [0.1, 0.15) is 12.4 Å². The highest BCUT2D eigenvalue weighted by Gasteiger charge is 2.37. The highest BCUT2D eigenvalue weighted by Crippen LogP contribution is 2.48. The number of rotatable bonds is 8. The van der Waals surface area contributed by atoms with Crippen LogP contribution in [-0.4, -0.2) is 54.2 Å². The number of aryl methyl sites for hydroxylation is 2. The van der Waals surface area contributed by atoms with Crippen LogP contribution in [0, 0.1) is 13.8 Å². The Kier molecular flexibility index (Phi) is 8.14. The fraction of sp³-hybridized carbons (Fsp3) is 0.258. The predicted molar refractivity (Wildman–Crippen MR) is 156 cm³/mol. The van der Waals surface area contributed by atoms with Gasteiger partial charge in [0.25, 0.3) is 0 Å². The highest BCUT2D eigenvalue weighted by molar-refractivity contribution is 8.00. The van der Waals surface area contributed by atoms with E-state index in [2.05, 4.69) is 30.4 Å². The number of methoxy groups -OCH3 is 1. The van der Waals surface area contributed by atoms with Crippen LogP contribution in [0.15, 0.2) is 78.9 Å². The van der Waals surface area contributed by atoms with Crippen molar-refractivity contribution in [1.29, 1.82) is 0 Å². The molecule has 2 amide bonds. The van der Waals surface area contributed by atoms with E-state index >= 15 is 0 Å². The number of amides is 2. The largest absolute Gasteiger partial charge is 0.383 e. The molecule has 0 unspecified atom stereocenters. The molecule has 1 atom stereocenters. The summed E-state index contributed by atoms with van der Waals surface area (Å²) in [5.74, 6) is 0.485. The van der Waals surface area contributed by atoms with Gasteiger partial charge in [-0.25, -0.2) is 4.68 Å². The molecular formula is C31H32N4O3S. The Labute approximate surface area is 233 Å². The minimum atomic E-state index is -0.247. The van der Waals surface area contributed by atoms with Gasteiger partial charge in [-0.05, 0) is 37.1 Å². The lowest BCUT2D eigenvalue weighted by Crippen LogP contribution is -2.43. The number of nitrogens with one attached hydrogen (secondary N) is 1. The molecule has 0 saturated carbocycles. The molecule has 1 aliphatic heterocycles. The number of hydrogen-bond acceptors (Lipinski definition) is 5. The van der Waals surface area contributed by atoms with Crippen LogP contribution in [0.1, 0.15) is 27.5 Å². The molecule has 0 saturated heterocycles. The van der Waals surface area contributed by atoms with Gasteiger partial charge in [0.05, 0.1) is 29.0 Å². The van der Waals surface area contributed by atoms with E-state index in [-0.39, 0.29) is 29.4 Å². The molecular weight excluding hydrogens is 508 g/mol. The van der Waals surface area contributed by atoms with Gasteiger partial charge in [0.2, 0.25) is 11.8 Å². The number of thioether (sulfide) groups is 1. The van der Waals surface area contributed by atoms with Crippen LogP contribution in [0.5, 0.6) is 0 Å². The first kappa shape index (κ1) is 26.7. The third-order valence-corrected chi connectivity index (χ3v) is 7.91. The highest BCUT2D eigenvalue weighted by atomic mass is 32.2. The maximum absolute atomic E-state index is 13.7. The number of nitrogens with zero attached hydrogens (tertiary/aromatic N) is 3. The SMILES string of the molecule is COCCNC(=O)CN1C(=O)CS[C@@H](c2cccc(C)c2)c2c(-c3ccccc3)nn(-c3cccc(C)c3)c21. The van der Waals surface area contributed by atoms with Gasteiger partial charge in [-0.15, -0.1) is 11.8 Å². The third kappa shape index (κ3) is 5.77. The average molecular weight is 541 g/mol. The molecule has 0 fully saturated rings. The van der Waals surface area contributed by atoms with Crippen molar-refractivity contribution in [2.45, 2.75) is 19.1 Å². The summed E-state index contributed by atoms with van der Waals surface area (Å²) in [7, 11) is 1.59. The van der Waals surface area contributed by atoms with Crippen LogP contribution in [0.3, 0.4) is 0 Å². The number of hydrogen-bond donors (Lipinski definition) is 1. The Balaban J connectivity index is 1.76. The van der Waals surface area contributed by atoms with Crippen molar-refractivity contribution in [3.63, 3.8) is 0 Å². The molecule has 0 aliphatic carbocycles. The van der Waals surface area contributed by atoms with Crippen molar-refractivity contribution in [2.24, 2.45) is 0 Å². The first-order chi connectivity index (χ1) is 19.0. The maximum atomic E-state index is 13.7. The van der Waals surface area contributed by atoms with E-state index in [1.54, 1.807) is 23.8 Å². The second kappa shape index (κ2) is 11.9. The van der Waals surface area contributed by atoms with Gasteiger partial charge in [-0.3, -0.25) is 14.5 Å². The van der Waals surface area contributed by atoms with Gasteiger partial charge in [0.15, 0.2) is 0 Å². The Bertz CT molecular complexity index is 1480. The molecule has 39 heavy (non-hydrogen) atoms. The summed E-state index contributed by atoms with van der Waals surface area (Å²) in [4.78, 5) is 28.4. The topological polar surface area (TPSA) is 76.5 Å². The summed E-state index contributed by atoms with van der Waals surface area (Å²) in [5, 5.41) is 7.85. The zero-order valence-electron chi connectivity index (χ0n) is 22.4. The van der Waals surface area contributed by atoms with E-state index in [0.29, 0.717) is 19.0 Å². The van der Waals surface area contributed by atoms with E-state index in [4.69, 9.17) is 9.84 Å². The molecule has 1 aromatic heterocycles. The summed E-state index contributed by atoms with van der Waals surface area (Å²) >= 11 is 1.57. The van der Waals surface area contributed by atoms with Crippen molar-refractivity contribution in [3.05, 3.63) is 101 Å². The van der Waals surface area contributed by atoms with Gasteiger partial charge in [-0.2, -0.15) is 5.10 Å². The smallest absolute Gasteiger partial charge is 0.240 e. The molecule has 200 valence electrons. The second-order valence-electron chi connectivity index (χ2n) is 9.63. The molecule has 0 radical (unpaired) electrons. The summed E-state index contributed by atoms with van der Waals surface area (Å²) in [5.41, 5.74) is 6.83. The van der Waals surface area contributed by atoms with Gasteiger partial charge in [0, 0.05) is 24.8 Å². The quantitative estimate of drug-likeness (QED) is 0.315. The van der Waals surface area contributed by atoms with Crippen LogP contribution in [0.4, 0.5) is 5.82 Å². The fourth-order valence-electron chi connectivity index (χ4n) is 4.86. The zero-order valence-corrected chi connectivity index (χ0v) is 23.2. The number of aromatic nitrogens is 2. The van der Waals surface area contributed by atoms with Crippen molar-refractivity contribution >= 4 is 29.4 Å². The van der Waals surface area contributed by atoms with E-state index in [0.717, 1.165) is 39.2 Å². The van der Waals surface area contributed by atoms with E-state index < -0.39 is 0 Å². The molecule has 5 rings (SSSR count). The van der Waals surface area contributed by atoms with Gasteiger partial charge >= 0.3 is 0 Å². The number of carbonyl (C=O) groups is 2. The molecule has 4 aromatic rings. The third-order valence-electron chi connectivity index (χ3n) is 6.66. The van der Waals surface area contributed by atoms with Crippen molar-refractivity contribution in [2.75, 3.05) is 37.5 Å². The maximum Gasteiger partial charge on any atom is 0.240 e. The lowest BCUT2D eigenvalue weighted by atomic mass is 9.98. The van der Waals surface area contributed by atoms with Crippen LogP contribution in [0.2, 0.25) is 0 Å². The molecule has 0 bridgehead atoms. The van der Waals surface area contributed by atoms with Crippen molar-refractivity contribution in [3.8, 4) is 16.9 Å². The second-order valence-corrected chi connectivity index (χ2v) is 10.7. The number of fused-ring (bicyclic) bond motifs is 1. The molecule has 1 aliphatic rings. The molecule has 2 heterocycles. The lowest BCUT2D eigenvalue weighted by Gasteiger charge is -2.23. The molecule has 0 spiro atoms. The predicted octanol–water partition coefficient (Wildman–Crippen LogP) is 5.09. The van der Waals surface area contributed by atoms with Crippen molar-refractivity contribution < 1.29 is 14.3 Å². The average Bonchev–Trinajstić information content (AvgIpc) is 3.26.